The predicted octanol–water partition coefficient (Wildman–Crippen LogP) is 3.94. The highest BCUT2D eigenvalue weighted by Gasteiger charge is 2.07. The molecule has 0 aliphatic heterocycles. The van der Waals surface area contributed by atoms with E-state index in [2.05, 4.69) is 11.4 Å². The molecule has 0 saturated carbocycles. The number of nitrogens with zero attached hydrogens (tertiary/aromatic N) is 1. The lowest BCUT2D eigenvalue weighted by Gasteiger charge is -2.14. The Balaban J connectivity index is 2.38. The van der Waals surface area contributed by atoms with Crippen molar-refractivity contribution in [3.63, 3.8) is 0 Å². The number of aryl methyl sites for hydroxylation is 2. The fourth-order valence-corrected chi connectivity index (χ4v) is 2.11. The van der Waals surface area contributed by atoms with Crippen molar-refractivity contribution < 1.29 is 9.47 Å². The van der Waals surface area contributed by atoms with Crippen LogP contribution in [-0.4, -0.2) is 14.2 Å². The highest BCUT2D eigenvalue weighted by Crippen LogP contribution is 2.30. The maximum Gasteiger partial charge on any atom is 0.124 e. The zero-order valence-electron chi connectivity index (χ0n) is 12.7. The number of nitrogens with one attached hydrogen (secondary N) is 1. The largest absolute Gasteiger partial charge is 0.497 e. The van der Waals surface area contributed by atoms with E-state index in [9.17, 15) is 0 Å². The van der Waals surface area contributed by atoms with Crippen LogP contribution in [0.5, 0.6) is 11.5 Å². The van der Waals surface area contributed by atoms with Crippen LogP contribution < -0.4 is 14.8 Å². The molecular formula is C17H18N2O2. The van der Waals surface area contributed by atoms with Crippen LogP contribution in [0.3, 0.4) is 0 Å². The van der Waals surface area contributed by atoms with Gasteiger partial charge >= 0.3 is 0 Å². The van der Waals surface area contributed by atoms with Crippen molar-refractivity contribution in [3.05, 3.63) is 47.0 Å². The van der Waals surface area contributed by atoms with Gasteiger partial charge in [-0.25, -0.2) is 0 Å². The Labute approximate surface area is 124 Å². The molecule has 0 heterocycles. The molecule has 0 bridgehead atoms. The Morgan fingerprint density at radius 1 is 0.905 bits per heavy atom. The van der Waals surface area contributed by atoms with Crippen LogP contribution in [0.2, 0.25) is 0 Å². The topological polar surface area (TPSA) is 54.3 Å². The maximum absolute atomic E-state index is 9.06. The molecule has 4 nitrogen and oxygen atoms in total. The van der Waals surface area contributed by atoms with E-state index < -0.39 is 0 Å². The summed E-state index contributed by atoms with van der Waals surface area (Å²) < 4.78 is 10.5. The Bertz CT molecular complexity index is 680. The van der Waals surface area contributed by atoms with Gasteiger partial charge in [0.05, 0.1) is 25.9 Å². The van der Waals surface area contributed by atoms with Crippen LogP contribution in [0, 0.1) is 25.2 Å². The van der Waals surface area contributed by atoms with Crippen LogP contribution in [-0.2, 0) is 0 Å². The Hall–Kier alpha value is -2.67. The van der Waals surface area contributed by atoms with Crippen molar-refractivity contribution in [2.24, 2.45) is 0 Å². The maximum atomic E-state index is 9.06. The van der Waals surface area contributed by atoms with Gasteiger partial charge in [0.25, 0.3) is 0 Å². The number of nitriles is 1. The zero-order valence-corrected chi connectivity index (χ0v) is 12.7. The molecule has 1 N–H and O–H groups in total. The number of hydrogen-bond donors (Lipinski definition) is 1. The monoisotopic (exact) mass is 282 g/mol. The fourth-order valence-electron chi connectivity index (χ4n) is 2.11. The van der Waals surface area contributed by atoms with E-state index in [1.807, 2.05) is 44.2 Å². The molecule has 0 saturated heterocycles. The first kappa shape index (κ1) is 14.7. The minimum Gasteiger partial charge on any atom is -0.497 e. The summed E-state index contributed by atoms with van der Waals surface area (Å²) in [6.07, 6.45) is 0. The molecule has 0 aliphatic rings. The van der Waals surface area contributed by atoms with Crippen molar-refractivity contribution >= 4 is 11.4 Å². The van der Waals surface area contributed by atoms with Crippen molar-refractivity contribution in [1.29, 1.82) is 5.26 Å². The van der Waals surface area contributed by atoms with E-state index in [1.54, 1.807) is 14.2 Å². The second-order valence-corrected chi connectivity index (χ2v) is 4.82. The van der Waals surface area contributed by atoms with E-state index in [0.29, 0.717) is 5.56 Å². The van der Waals surface area contributed by atoms with Crippen LogP contribution >= 0.6 is 0 Å². The van der Waals surface area contributed by atoms with E-state index in [0.717, 1.165) is 34.0 Å². The number of methoxy groups -OCH3 is 2. The molecule has 0 aromatic heterocycles. The van der Waals surface area contributed by atoms with Crippen LogP contribution in [0.1, 0.15) is 16.7 Å². The number of anilines is 2. The van der Waals surface area contributed by atoms with Gasteiger partial charge in [-0.05, 0) is 37.1 Å². The van der Waals surface area contributed by atoms with Gasteiger partial charge in [0.15, 0.2) is 0 Å². The number of benzene rings is 2. The average molecular weight is 282 g/mol. The summed E-state index contributed by atoms with van der Waals surface area (Å²) in [7, 11) is 3.24. The van der Waals surface area contributed by atoms with E-state index in [1.165, 1.54) is 0 Å². The first-order valence-electron chi connectivity index (χ1n) is 6.59. The summed E-state index contributed by atoms with van der Waals surface area (Å²) in [5, 5.41) is 12.4. The molecule has 4 heteroatoms. The summed E-state index contributed by atoms with van der Waals surface area (Å²) in [4.78, 5) is 0. The summed E-state index contributed by atoms with van der Waals surface area (Å²) in [5.74, 6) is 1.44. The third kappa shape index (κ3) is 3.26. The third-order valence-electron chi connectivity index (χ3n) is 3.32. The number of rotatable bonds is 4. The molecule has 21 heavy (non-hydrogen) atoms. The Kier molecular flexibility index (Phi) is 4.34. The van der Waals surface area contributed by atoms with Gasteiger partial charge in [0.1, 0.15) is 11.5 Å². The normalized spacial score (nSPS) is 9.86. The van der Waals surface area contributed by atoms with Crippen LogP contribution in [0.4, 0.5) is 11.4 Å². The summed E-state index contributed by atoms with van der Waals surface area (Å²) in [6.45, 7) is 3.90. The first-order chi connectivity index (χ1) is 10.1. The second kappa shape index (κ2) is 6.19. The molecule has 2 aromatic rings. The highest BCUT2D eigenvalue weighted by atomic mass is 16.5. The van der Waals surface area contributed by atoms with E-state index in [4.69, 9.17) is 14.7 Å². The molecular weight excluding hydrogens is 264 g/mol. The average Bonchev–Trinajstić information content (AvgIpc) is 2.50. The standard InChI is InChI=1S/C17H18N2O2/c1-11-6-17(12(2)5-13(11)10-18)19-14-7-15(20-3)9-16(8-14)21-4/h5-9,19H,1-4H3. The van der Waals surface area contributed by atoms with Crippen molar-refractivity contribution in [3.8, 4) is 17.6 Å². The van der Waals surface area contributed by atoms with Gasteiger partial charge in [-0.1, -0.05) is 0 Å². The lowest BCUT2D eigenvalue weighted by Crippen LogP contribution is -1.97. The van der Waals surface area contributed by atoms with Gasteiger partial charge in [0, 0.05) is 29.6 Å². The number of ether oxygens (including phenoxy) is 2. The van der Waals surface area contributed by atoms with Gasteiger partial charge in [0.2, 0.25) is 0 Å². The lowest BCUT2D eigenvalue weighted by atomic mass is 10.0. The van der Waals surface area contributed by atoms with Gasteiger partial charge in [-0.15, -0.1) is 0 Å². The molecule has 0 amide bonds. The van der Waals surface area contributed by atoms with Gasteiger partial charge < -0.3 is 14.8 Å². The van der Waals surface area contributed by atoms with Crippen molar-refractivity contribution in [2.75, 3.05) is 19.5 Å². The smallest absolute Gasteiger partial charge is 0.124 e. The van der Waals surface area contributed by atoms with Gasteiger partial charge in [-0.3, -0.25) is 0 Å². The molecule has 0 unspecified atom stereocenters. The van der Waals surface area contributed by atoms with E-state index >= 15 is 0 Å². The molecule has 2 aromatic carbocycles. The SMILES string of the molecule is COc1cc(Nc2cc(C)c(C#N)cc2C)cc(OC)c1. The first-order valence-corrected chi connectivity index (χ1v) is 6.59. The summed E-state index contributed by atoms with van der Waals surface area (Å²) >= 11 is 0. The summed E-state index contributed by atoms with van der Waals surface area (Å²) in [5.41, 5.74) is 4.49. The highest BCUT2D eigenvalue weighted by molar-refractivity contribution is 5.68. The van der Waals surface area contributed by atoms with Crippen LogP contribution in [0.15, 0.2) is 30.3 Å². The second-order valence-electron chi connectivity index (χ2n) is 4.82. The molecule has 0 radical (unpaired) electrons. The molecule has 2 rings (SSSR count). The Morgan fingerprint density at radius 3 is 2.05 bits per heavy atom. The fraction of sp³-hybridized carbons (Fsp3) is 0.235. The minimum atomic E-state index is 0.696. The number of hydrogen-bond acceptors (Lipinski definition) is 4. The quantitative estimate of drug-likeness (QED) is 0.923. The minimum absolute atomic E-state index is 0.696. The third-order valence-corrected chi connectivity index (χ3v) is 3.32. The van der Waals surface area contributed by atoms with E-state index in [-0.39, 0.29) is 0 Å². The molecule has 108 valence electrons. The molecule has 0 atom stereocenters. The Morgan fingerprint density at radius 2 is 1.52 bits per heavy atom. The van der Waals surface area contributed by atoms with Crippen molar-refractivity contribution in [1.82, 2.24) is 0 Å². The zero-order chi connectivity index (χ0) is 15.4. The van der Waals surface area contributed by atoms with Crippen LogP contribution in [0.25, 0.3) is 0 Å². The van der Waals surface area contributed by atoms with Crippen molar-refractivity contribution in [2.45, 2.75) is 13.8 Å². The summed E-state index contributed by atoms with van der Waals surface area (Å²) in [6, 6.07) is 11.7. The lowest BCUT2D eigenvalue weighted by molar-refractivity contribution is 0.395. The van der Waals surface area contributed by atoms with Gasteiger partial charge in [-0.2, -0.15) is 5.26 Å². The molecule has 0 spiro atoms. The predicted molar refractivity (Wildman–Crippen MR) is 83.5 cm³/mol. The molecule has 0 aliphatic carbocycles. The molecule has 0 fully saturated rings.